The van der Waals surface area contributed by atoms with Crippen LogP contribution in [0.4, 0.5) is 11.5 Å². The molecule has 9 nitrogen and oxygen atoms in total. The predicted molar refractivity (Wildman–Crippen MR) is 98.8 cm³/mol. The van der Waals surface area contributed by atoms with E-state index in [1.54, 1.807) is 19.9 Å². The molecule has 2 aromatic rings. The number of aryl methyl sites for hydroxylation is 1. The van der Waals surface area contributed by atoms with Crippen molar-refractivity contribution >= 4 is 34.9 Å². The lowest BCUT2D eigenvalue weighted by molar-refractivity contribution is -0.384. The van der Waals surface area contributed by atoms with E-state index in [0.717, 1.165) is 6.07 Å². The first-order valence-electron chi connectivity index (χ1n) is 8.21. The van der Waals surface area contributed by atoms with E-state index in [4.69, 9.17) is 16.1 Å². The summed E-state index contributed by atoms with van der Waals surface area (Å²) in [6, 6.07) is 5.08. The second kappa shape index (κ2) is 8.63. The number of nitro benzene ring substituents is 1. The molecule has 0 aliphatic carbocycles. The summed E-state index contributed by atoms with van der Waals surface area (Å²) < 4.78 is 4.88. The third-order valence-electron chi connectivity index (χ3n) is 3.98. The van der Waals surface area contributed by atoms with E-state index in [1.165, 1.54) is 17.0 Å². The van der Waals surface area contributed by atoms with Gasteiger partial charge in [0.25, 0.3) is 11.6 Å². The van der Waals surface area contributed by atoms with Gasteiger partial charge < -0.3 is 14.7 Å². The Bertz CT molecular complexity index is 867. The van der Waals surface area contributed by atoms with Crippen molar-refractivity contribution in [2.75, 3.05) is 11.9 Å². The summed E-state index contributed by atoms with van der Waals surface area (Å²) in [6.07, 6.45) is 0.595. The summed E-state index contributed by atoms with van der Waals surface area (Å²) in [7, 11) is 0. The van der Waals surface area contributed by atoms with Gasteiger partial charge in [0.05, 0.1) is 4.92 Å². The Kier molecular flexibility index (Phi) is 6.51. The number of benzene rings is 1. The molecule has 2 amide bonds. The Morgan fingerprint density at radius 1 is 1.41 bits per heavy atom. The van der Waals surface area contributed by atoms with Crippen LogP contribution in [0.3, 0.4) is 0 Å². The van der Waals surface area contributed by atoms with Crippen LogP contribution in [-0.4, -0.2) is 39.4 Å². The number of carbonyl (C=O) groups excluding carboxylic acids is 2. The van der Waals surface area contributed by atoms with Crippen molar-refractivity contribution in [1.82, 2.24) is 10.1 Å². The number of amides is 2. The van der Waals surface area contributed by atoms with Crippen LogP contribution >= 0.6 is 11.6 Å². The van der Waals surface area contributed by atoms with Crippen LogP contribution < -0.4 is 5.32 Å². The number of carbonyl (C=O) groups is 2. The smallest absolute Gasteiger partial charge is 0.288 e. The zero-order chi connectivity index (χ0) is 20.1. The minimum Gasteiger partial charge on any atom is -0.360 e. The van der Waals surface area contributed by atoms with Crippen LogP contribution in [0, 0.1) is 17.0 Å². The Balaban J connectivity index is 2.22. The van der Waals surface area contributed by atoms with Crippen molar-refractivity contribution in [3.63, 3.8) is 0 Å². The minimum atomic E-state index is -0.660. The topological polar surface area (TPSA) is 119 Å². The van der Waals surface area contributed by atoms with E-state index < -0.39 is 16.7 Å². The van der Waals surface area contributed by atoms with Gasteiger partial charge in [0.2, 0.25) is 5.91 Å². The molecule has 1 atom stereocenters. The van der Waals surface area contributed by atoms with Gasteiger partial charge in [0.1, 0.15) is 17.3 Å². The van der Waals surface area contributed by atoms with Crippen molar-refractivity contribution in [2.24, 2.45) is 0 Å². The molecule has 0 saturated heterocycles. The number of nitrogens with one attached hydrogen (secondary N) is 1. The lowest BCUT2D eigenvalue weighted by Crippen LogP contribution is -2.43. The van der Waals surface area contributed by atoms with E-state index in [0.29, 0.717) is 12.2 Å². The first kappa shape index (κ1) is 20.4. The average Bonchev–Trinajstić information content (AvgIpc) is 3.03. The average molecular weight is 395 g/mol. The first-order valence-corrected chi connectivity index (χ1v) is 8.58. The maximum absolute atomic E-state index is 12.9. The van der Waals surface area contributed by atoms with Crippen molar-refractivity contribution in [3.8, 4) is 0 Å². The quantitative estimate of drug-likeness (QED) is 0.567. The number of hydrogen-bond donors (Lipinski definition) is 1. The van der Waals surface area contributed by atoms with Gasteiger partial charge in [0, 0.05) is 23.7 Å². The molecule has 1 aromatic carbocycles. The Morgan fingerprint density at radius 2 is 2.11 bits per heavy atom. The number of anilines is 1. The van der Waals surface area contributed by atoms with Crippen LogP contribution in [0.1, 0.15) is 36.4 Å². The second-order valence-corrected chi connectivity index (χ2v) is 6.39. The monoisotopic (exact) mass is 394 g/mol. The zero-order valence-corrected chi connectivity index (χ0v) is 15.8. The van der Waals surface area contributed by atoms with Gasteiger partial charge in [-0.2, -0.15) is 0 Å². The zero-order valence-electron chi connectivity index (χ0n) is 15.1. The molecule has 0 unspecified atom stereocenters. The van der Waals surface area contributed by atoms with Gasteiger partial charge in [-0.15, -0.1) is 0 Å². The van der Waals surface area contributed by atoms with Crippen LogP contribution in [-0.2, 0) is 4.79 Å². The van der Waals surface area contributed by atoms with E-state index in [2.05, 4.69) is 10.5 Å². The van der Waals surface area contributed by atoms with Gasteiger partial charge in [-0.25, -0.2) is 0 Å². The predicted octanol–water partition coefficient (Wildman–Crippen LogP) is 3.42. The fourth-order valence-electron chi connectivity index (χ4n) is 2.36. The highest BCUT2D eigenvalue weighted by atomic mass is 35.5. The Labute approximate surface area is 160 Å². The largest absolute Gasteiger partial charge is 0.360 e. The summed E-state index contributed by atoms with van der Waals surface area (Å²) in [5, 5.41) is 17.2. The SMILES string of the molecule is CC[C@H](C)N(CC(=O)Nc1cc(C)on1)C(=O)c1ccc(Cl)c([N+](=O)[O-])c1. The van der Waals surface area contributed by atoms with Crippen molar-refractivity contribution in [1.29, 1.82) is 0 Å². The molecule has 144 valence electrons. The second-order valence-electron chi connectivity index (χ2n) is 5.98. The van der Waals surface area contributed by atoms with Crippen molar-refractivity contribution in [2.45, 2.75) is 33.2 Å². The summed E-state index contributed by atoms with van der Waals surface area (Å²) in [6.45, 7) is 5.10. The Hall–Kier alpha value is -2.94. The molecule has 1 N–H and O–H groups in total. The van der Waals surface area contributed by atoms with Crippen LogP contribution in [0.5, 0.6) is 0 Å². The fourth-order valence-corrected chi connectivity index (χ4v) is 2.55. The van der Waals surface area contributed by atoms with Gasteiger partial charge in [-0.1, -0.05) is 23.7 Å². The molecule has 0 radical (unpaired) electrons. The third-order valence-corrected chi connectivity index (χ3v) is 4.30. The molecule has 0 saturated carbocycles. The van der Waals surface area contributed by atoms with Crippen LogP contribution in [0.25, 0.3) is 0 Å². The number of hydrogen-bond acceptors (Lipinski definition) is 6. The molecule has 27 heavy (non-hydrogen) atoms. The maximum atomic E-state index is 12.9. The molecule has 2 rings (SSSR count). The lowest BCUT2D eigenvalue weighted by Gasteiger charge is -2.28. The molecule has 1 aromatic heterocycles. The number of nitro groups is 1. The molecule has 0 aliphatic heterocycles. The maximum Gasteiger partial charge on any atom is 0.288 e. The van der Waals surface area contributed by atoms with E-state index in [1.807, 2.05) is 6.92 Å². The third kappa shape index (κ3) is 5.04. The number of halogens is 1. The number of rotatable bonds is 7. The minimum absolute atomic E-state index is 0.0641. The summed E-state index contributed by atoms with van der Waals surface area (Å²) in [4.78, 5) is 36.9. The highest BCUT2D eigenvalue weighted by Crippen LogP contribution is 2.26. The van der Waals surface area contributed by atoms with Crippen molar-refractivity contribution < 1.29 is 19.0 Å². The molecule has 0 spiro atoms. The van der Waals surface area contributed by atoms with Gasteiger partial charge in [0.15, 0.2) is 5.82 Å². The molecule has 10 heteroatoms. The van der Waals surface area contributed by atoms with E-state index in [9.17, 15) is 19.7 Å². The number of nitrogens with zero attached hydrogens (tertiary/aromatic N) is 3. The van der Waals surface area contributed by atoms with Crippen LogP contribution in [0.2, 0.25) is 5.02 Å². The standard InChI is InChI=1S/C17H19ClN4O5/c1-4-10(2)21(9-16(23)19-15-7-11(3)27-20-15)17(24)12-5-6-13(18)14(8-12)22(25)26/h5-8,10H,4,9H2,1-3H3,(H,19,20,23)/t10-/m0/s1. The van der Waals surface area contributed by atoms with E-state index in [-0.39, 0.29) is 34.7 Å². The highest BCUT2D eigenvalue weighted by molar-refractivity contribution is 6.32. The van der Waals surface area contributed by atoms with Crippen molar-refractivity contribution in [3.05, 3.63) is 50.7 Å². The summed E-state index contributed by atoms with van der Waals surface area (Å²) in [5.41, 5.74) is -0.286. The van der Waals surface area contributed by atoms with Gasteiger partial charge in [-0.05, 0) is 32.4 Å². The normalized spacial score (nSPS) is 11.7. The molecular formula is C17H19ClN4O5. The highest BCUT2D eigenvalue weighted by Gasteiger charge is 2.25. The molecular weight excluding hydrogens is 376 g/mol. The Morgan fingerprint density at radius 3 is 2.67 bits per heavy atom. The number of aromatic nitrogens is 1. The summed E-state index contributed by atoms with van der Waals surface area (Å²) >= 11 is 5.80. The van der Waals surface area contributed by atoms with E-state index >= 15 is 0 Å². The summed E-state index contributed by atoms with van der Waals surface area (Å²) in [5.74, 6) is -0.180. The molecule has 1 heterocycles. The lowest BCUT2D eigenvalue weighted by atomic mass is 10.1. The van der Waals surface area contributed by atoms with Gasteiger partial charge in [-0.3, -0.25) is 19.7 Å². The first-order chi connectivity index (χ1) is 12.7. The molecule has 0 aliphatic rings. The van der Waals surface area contributed by atoms with Crippen LogP contribution in [0.15, 0.2) is 28.8 Å². The molecule has 0 bridgehead atoms. The fraction of sp³-hybridized carbons (Fsp3) is 0.353. The van der Waals surface area contributed by atoms with Gasteiger partial charge >= 0.3 is 0 Å². The molecule has 0 fully saturated rings.